The molecule has 4 aromatic rings. The van der Waals surface area contributed by atoms with Gasteiger partial charge < -0.3 is 4.98 Å². The number of benzene rings is 2. The number of fused-ring (bicyclic) bond motifs is 1. The third-order valence-electron chi connectivity index (χ3n) is 3.70. The number of H-pyrrole nitrogens is 1. The molecule has 0 saturated carbocycles. The Labute approximate surface area is 161 Å². The molecule has 2 aromatic carbocycles. The third-order valence-corrected chi connectivity index (χ3v) is 6.01. The maximum absolute atomic E-state index is 13.3. The Morgan fingerprint density at radius 3 is 2.77 bits per heavy atom. The van der Waals surface area contributed by atoms with E-state index in [0.29, 0.717) is 25.2 Å². The fraction of sp³-hybridized carbons (Fsp3) is 0.0556. The van der Waals surface area contributed by atoms with Crippen LogP contribution in [0.2, 0.25) is 0 Å². The Balaban J connectivity index is 1.76. The summed E-state index contributed by atoms with van der Waals surface area (Å²) in [4.78, 5) is 19.8. The Morgan fingerprint density at radius 2 is 2.00 bits per heavy atom. The van der Waals surface area contributed by atoms with Crippen LogP contribution in [0.1, 0.15) is 5.56 Å². The molecule has 2 aromatic heterocycles. The van der Waals surface area contributed by atoms with E-state index in [4.69, 9.17) is 12.2 Å². The number of halogens is 1. The molecule has 8 heteroatoms. The van der Waals surface area contributed by atoms with Gasteiger partial charge in [0.05, 0.1) is 0 Å². The van der Waals surface area contributed by atoms with Gasteiger partial charge in [0.2, 0.25) is 0 Å². The molecular formula is C18H12FN3OS3. The second-order valence-corrected chi connectivity index (χ2v) is 8.09. The van der Waals surface area contributed by atoms with Crippen molar-refractivity contribution < 1.29 is 4.39 Å². The topological polar surface area (TPSA) is 50.7 Å². The Kier molecular flexibility index (Phi) is 4.71. The Morgan fingerprint density at radius 1 is 1.19 bits per heavy atom. The predicted octanol–water partition coefficient (Wildman–Crippen LogP) is 4.94. The minimum absolute atomic E-state index is 0.220. The van der Waals surface area contributed by atoms with Gasteiger partial charge in [0.1, 0.15) is 10.5 Å². The summed E-state index contributed by atoms with van der Waals surface area (Å²) in [5.41, 5.74) is 2.00. The lowest BCUT2D eigenvalue weighted by Gasteiger charge is -2.05. The molecule has 0 saturated heterocycles. The summed E-state index contributed by atoms with van der Waals surface area (Å²) in [5, 5.41) is 0.476. The molecule has 4 rings (SSSR count). The van der Waals surface area contributed by atoms with Gasteiger partial charge in [0.15, 0.2) is 14.8 Å². The molecule has 0 fully saturated rings. The summed E-state index contributed by atoms with van der Waals surface area (Å²) >= 11 is 8.02. The van der Waals surface area contributed by atoms with Crippen LogP contribution in [-0.4, -0.2) is 14.5 Å². The second kappa shape index (κ2) is 7.14. The van der Waals surface area contributed by atoms with Crippen molar-refractivity contribution in [3.05, 3.63) is 80.3 Å². The fourth-order valence-corrected chi connectivity index (χ4v) is 4.62. The van der Waals surface area contributed by atoms with E-state index >= 15 is 0 Å². The van der Waals surface area contributed by atoms with Crippen LogP contribution >= 0.6 is 35.3 Å². The van der Waals surface area contributed by atoms with Gasteiger partial charge in [-0.1, -0.05) is 53.4 Å². The zero-order valence-electron chi connectivity index (χ0n) is 13.3. The van der Waals surface area contributed by atoms with Gasteiger partial charge in [0.25, 0.3) is 5.56 Å². The number of hydrogen-bond acceptors (Lipinski definition) is 5. The molecule has 2 heterocycles. The van der Waals surface area contributed by atoms with Crippen LogP contribution in [0.3, 0.4) is 0 Å². The Bertz CT molecular complexity index is 1200. The SMILES string of the molecule is O=c1[nH]c(SCc2cccc(F)c2)nc2c1sc(=S)n2-c1ccccc1. The van der Waals surface area contributed by atoms with Crippen molar-refractivity contribution in [1.82, 2.24) is 14.5 Å². The first-order chi connectivity index (χ1) is 12.6. The smallest absolute Gasteiger partial charge is 0.271 e. The first-order valence-electron chi connectivity index (χ1n) is 7.70. The van der Waals surface area contributed by atoms with Gasteiger partial charge in [-0.25, -0.2) is 9.37 Å². The van der Waals surface area contributed by atoms with E-state index in [1.807, 2.05) is 36.4 Å². The summed E-state index contributed by atoms with van der Waals surface area (Å²) < 4.78 is 16.2. The highest BCUT2D eigenvalue weighted by Gasteiger charge is 2.13. The van der Waals surface area contributed by atoms with E-state index in [2.05, 4.69) is 9.97 Å². The molecule has 0 unspecified atom stereocenters. The second-order valence-electron chi connectivity index (χ2n) is 5.48. The van der Waals surface area contributed by atoms with E-state index in [-0.39, 0.29) is 11.4 Å². The number of nitrogens with one attached hydrogen (secondary N) is 1. The molecule has 4 nitrogen and oxygen atoms in total. The molecular weight excluding hydrogens is 389 g/mol. The van der Waals surface area contributed by atoms with Gasteiger partial charge in [-0.3, -0.25) is 9.36 Å². The van der Waals surface area contributed by atoms with Gasteiger partial charge in [-0.05, 0) is 42.0 Å². The molecule has 0 amide bonds. The number of thiazole rings is 1. The van der Waals surface area contributed by atoms with Crippen LogP contribution in [0.15, 0.2) is 64.5 Å². The lowest BCUT2D eigenvalue weighted by molar-refractivity contribution is 0.626. The molecule has 0 aliphatic carbocycles. The Hall–Kier alpha value is -2.29. The van der Waals surface area contributed by atoms with Crippen molar-refractivity contribution in [2.75, 3.05) is 0 Å². The largest absolute Gasteiger partial charge is 0.300 e. The number of nitrogens with zero attached hydrogens (tertiary/aromatic N) is 2. The molecule has 0 spiro atoms. The van der Waals surface area contributed by atoms with E-state index in [1.165, 1.54) is 35.2 Å². The highest BCUT2D eigenvalue weighted by atomic mass is 32.2. The van der Waals surface area contributed by atoms with Crippen molar-refractivity contribution in [3.63, 3.8) is 0 Å². The number of para-hydroxylation sites is 1. The van der Waals surface area contributed by atoms with Crippen molar-refractivity contribution in [1.29, 1.82) is 0 Å². The van der Waals surface area contributed by atoms with Crippen LogP contribution in [-0.2, 0) is 5.75 Å². The van der Waals surface area contributed by atoms with Crippen LogP contribution < -0.4 is 5.56 Å². The average molecular weight is 402 g/mol. The van der Waals surface area contributed by atoms with E-state index < -0.39 is 0 Å². The van der Waals surface area contributed by atoms with E-state index in [0.717, 1.165) is 11.3 Å². The third kappa shape index (κ3) is 3.35. The number of aromatic amines is 1. The highest BCUT2D eigenvalue weighted by Crippen LogP contribution is 2.25. The van der Waals surface area contributed by atoms with Gasteiger partial charge in [-0.2, -0.15) is 0 Å². The monoisotopic (exact) mass is 401 g/mol. The van der Waals surface area contributed by atoms with Crippen molar-refractivity contribution in [3.8, 4) is 5.69 Å². The number of thioether (sulfide) groups is 1. The summed E-state index contributed by atoms with van der Waals surface area (Å²) in [5.74, 6) is 0.220. The number of hydrogen-bond donors (Lipinski definition) is 1. The maximum atomic E-state index is 13.3. The minimum Gasteiger partial charge on any atom is -0.300 e. The summed E-state index contributed by atoms with van der Waals surface area (Å²) in [7, 11) is 0. The normalized spacial score (nSPS) is 11.1. The molecule has 0 aliphatic rings. The molecule has 130 valence electrons. The predicted molar refractivity (Wildman–Crippen MR) is 106 cm³/mol. The summed E-state index contributed by atoms with van der Waals surface area (Å²) in [6.45, 7) is 0. The van der Waals surface area contributed by atoms with Gasteiger partial charge >= 0.3 is 0 Å². The molecule has 0 atom stereocenters. The average Bonchev–Trinajstić information content (AvgIpc) is 2.97. The fourth-order valence-electron chi connectivity index (χ4n) is 2.54. The quantitative estimate of drug-likeness (QED) is 0.299. The van der Waals surface area contributed by atoms with E-state index in [9.17, 15) is 9.18 Å². The first-order valence-corrected chi connectivity index (χ1v) is 9.91. The molecule has 0 radical (unpaired) electrons. The molecule has 0 aliphatic heterocycles. The molecule has 26 heavy (non-hydrogen) atoms. The lowest BCUT2D eigenvalue weighted by Crippen LogP contribution is -2.09. The van der Waals surface area contributed by atoms with Crippen molar-refractivity contribution in [2.24, 2.45) is 0 Å². The zero-order chi connectivity index (χ0) is 18.1. The van der Waals surface area contributed by atoms with Crippen molar-refractivity contribution >= 4 is 45.7 Å². The zero-order valence-corrected chi connectivity index (χ0v) is 15.8. The lowest BCUT2D eigenvalue weighted by atomic mass is 10.2. The van der Waals surface area contributed by atoms with Gasteiger partial charge in [-0.15, -0.1) is 0 Å². The van der Waals surface area contributed by atoms with Crippen molar-refractivity contribution in [2.45, 2.75) is 10.9 Å². The summed E-state index contributed by atoms with van der Waals surface area (Å²) in [6, 6.07) is 16.0. The summed E-state index contributed by atoms with van der Waals surface area (Å²) in [6.07, 6.45) is 0. The highest BCUT2D eigenvalue weighted by molar-refractivity contribution is 7.98. The number of rotatable bonds is 4. The van der Waals surface area contributed by atoms with Crippen LogP contribution in [0.25, 0.3) is 16.0 Å². The molecule has 1 N–H and O–H groups in total. The maximum Gasteiger partial charge on any atom is 0.271 e. The van der Waals surface area contributed by atoms with Crippen LogP contribution in [0.4, 0.5) is 4.39 Å². The van der Waals surface area contributed by atoms with E-state index in [1.54, 1.807) is 10.6 Å². The standard InChI is InChI=1S/C18H12FN3OS3/c19-12-6-4-5-11(9-12)10-25-17-20-15-14(16(23)21-17)26-18(24)22(15)13-7-2-1-3-8-13/h1-9H,10H2,(H,20,21,23). The number of aromatic nitrogens is 3. The van der Waals surface area contributed by atoms with Crippen LogP contribution in [0.5, 0.6) is 0 Å². The van der Waals surface area contributed by atoms with Gasteiger partial charge in [0, 0.05) is 11.4 Å². The minimum atomic E-state index is -0.282. The molecule has 0 bridgehead atoms. The first kappa shape index (κ1) is 17.1. The van der Waals surface area contributed by atoms with Crippen LogP contribution in [0, 0.1) is 9.77 Å².